The van der Waals surface area contributed by atoms with Crippen molar-refractivity contribution in [2.45, 2.75) is 12.5 Å². The lowest BCUT2D eigenvalue weighted by molar-refractivity contribution is -0.133. The highest BCUT2D eigenvalue weighted by molar-refractivity contribution is 6.10. The summed E-state index contributed by atoms with van der Waals surface area (Å²) in [5.74, 6) is -1.48. The number of benzene rings is 2. The van der Waals surface area contributed by atoms with Gasteiger partial charge in [-0.3, -0.25) is 14.5 Å². The normalized spacial score (nSPS) is 19.7. The number of halogens is 1. The molecule has 4 amide bonds. The van der Waals surface area contributed by atoms with Crippen LogP contribution in [0.2, 0.25) is 0 Å². The average Bonchev–Trinajstić information content (AvgIpc) is 2.82. The summed E-state index contributed by atoms with van der Waals surface area (Å²) in [5.41, 5.74) is -0.201. The highest BCUT2D eigenvalue weighted by atomic mass is 19.1. The van der Waals surface area contributed by atoms with Gasteiger partial charge in [-0.2, -0.15) is 0 Å². The minimum atomic E-state index is -1.21. The van der Waals surface area contributed by atoms with E-state index in [0.717, 1.165) is 4.90 Å². The first kappa shape index (κ1) is 16.6. The summed E-state index contributed by atoms with van der Waals surface area (Å²) in [7, 11) is 0. The summed E-state index contributed by atoms with van der Waals surface area (Å²) in [6.07, 6.45) is 0. The Morgan fingerprint density at radius 1 is 1.12 bits per heavy atom. The van der Waals surface area contributed by atoms with Crippen LogP contribution < -0.4 is 10.6 Å². The second-order valence-electron chi connectivity index (χ2n) is 5.87. The molecule has 3 rings (SSSR count). The summed E-state index contributed by atoms with van der Waals surface area (Å²) in [6, 6.07) is 13.4. The predicted molar refractivity (Wildman–Crippen MR) is 89.1 cm³/mol. The first-order valence-electron chi connectivity index (χ1n) is 7.65. The van der Waals surface area contributed by atoms with Gasteiger partial charge in [0.05, 0.1) is 0 Å². The molecule has 0 aromatic heterocycles. The maximum absolute atomic E-state index is 12.9. The molecule has 1 atom stereocenters. The molecule has 2 N–H and O–H groups in total. The van der Waals surface area contributed by atoms with Gasteiger partial charge in [0.25, 0.3) is 5.91 Å². The minimum absolute atomic E-state index is 0.379. The van der Waals surface area contributed by atoms with Gasteiger partial charge in [0.15, 0.2) is 0 Å². The number of urea groups is 1. The number of hydrogen-bond donors (Lipinski definition) is 2. The quantitative estimate of drug-likeness (QED) is 0.837. The summed E-state index contributed by atoms with van der Waals surface area (Å²) >= 11 is 0. The zero-order valence-corrected chi connectivity index (χ0v) is 13.5. The smallest absolute Gasteiger partial charge is 0.325 e. The van der Waals surface area contributed by atoms with Gasteiger partial charge in [-0.1, -0.05) is 30.3 Å². The number of amides is 4. The third kappa shape index (κ3) is 3.21. The Morgan fingerprint density at radius 3 is 2.40 bits per heavy atom. The minimum Gasteiger partial charge on any atom is -0.325 e. The van der Waals surface area contributed by atoms with Crippen LogP contribution in [0.25, 0.3) is 0 Å². The van der Waals surface area contributed by atoms with E-state index in [9.17, 15) is 18.8 Å². The van der Waals surface area contributed by atoms with Crippen LogP contribution in [0.4, 0.5) is 14.9 Å². The average molecular weight is 341 g/mol. The standard InChI is InChI=1S/C18H16FN3O3/c1-18(12-5-3-2-4-6-12)16(24)22(17(25)21-18)11-15(23)20-14-9-7-13(19)8-10-14/h2-10H,11H2,1H3,(H,20,23)(H,21,25). The Morgan fingerprint density at radius 2 is 1.76 bits per heavy atom. The fourth-order valence-electron chi connectivity index (χ4n) is 2.69. The van der Waals surface area contributed by atoms with E-state index in [1.54, 1.807) is 31.2 Å². The number of hydrogen-bond acceptors (Lipinski definition) is 3. The van der Waals surface area contributed by atoms with Crippen molar-refractivity contribution in [3.63, 3.8) is 0 Å². The van der Waals surface area contributed by atoms with Crippen LogP contribution in [0.3, 0.4) is 0 Å². The van der Waals surface area contributed by atoms with Crippen molar-refractivity contribution in [3.8, 4) is 0 Å². The first-order chi connectivity index (χ1) is 11.9. The van der Waals surface area contributed by atoms with E-state index in [4.69, 9.17) is 0 Å². The number of imide groups is 1. The summed E-state index contributed by atoms with van der Waals surface area (Å²) in [6.45, 7) is 1.17. The Kier molecular flexibility index (Phi) is 4.22. The van der Waals surface area contributed by atoms with Crippen molar-refractivity contribution in [2.24, 2.45) is 0 Å². The predicted octanol–water partition coefficient (Wildman–Crippen LogP) is 2.23. The van der Waals surface area contributed by atoms with E-state index in [1.165, 1.54) is 24.3 Å². The Bertz CT molecular complexity index is 823. The summed E-state index contributed by atoms with van der Waals surface area (Å²) in [4.78, 5) is 37.8. The Labute approximate surface area is 143 Å². The van der Waals surface area contributed by atoms with E-state index in [0.29, 0.717) is 11.3 Å². The van der Waals surface area contributed by atoms with Crippen LogP contribution in [0, 0.1) is 5.82 Å². The fraction of sp³-hybridized carbons (Fsp3) is 0.167. The second-order valence-corrected chi connectivity index (χ2v) is 5.87. The molecular formula is C18H16FN3O3. The van der Waals surface area contributed by atoms with Crippen molar-refractivity contribution in [1.29, 1.82) is 0 Å². The van der Waals surface area contributed by atoms with Crippen molar-refractivity contribution in [1.82, 2.24) is 10.2 Å². The molecule has 6 nitrogen and oxygen atoms in total. The molecule has 2 aromatic rings. The molecule has 7 heteroatoms. The van der Waals surface area contributed by atoms with Gasteiger partial charge in [-0.05, 0) is 36.8 Å². The molecule has 0 spiro atoms. The van der Waals surface area contributed by atoms with Gasteiger partial charge < -0.3 is 10.6 Å². The SMILES string of the molecule is CC1(c2ccccc2)NC(=O)N(CC(=O)Nc2ccc(F)cc2)C1=O. The maximum atomic E-state index is 12.9. The number of nitrogens with zero attached hydrogens (tertiary/aromatic N) is 1. The van der Waals surface area contributed by atoms with Crippen LogP contribution in [-0.4, -0.2) is 29.3 Å². The van der Waals surface area contributed by atoms with Gasteiger partial charge in [-0.25, -0.2) is 9.18 Å². The Balaban J connectivity index is 1.72. The summed E-state index contributed by atoms with van der Waals surface area (Å²) in [5, 5.41) is 5.16. The van der Waals surface area contributed by atoms with Gasteiger partial charge in [-0.15, -0.1) is 0 Å². The third-order valence-electron chi connectivity index (χ3n) is 4.06. The third-order valence-corrected chi connectivity index (χ3v) is 4.06. The molecule has 1 fully saturated rings. The van der Waals surface area contributed by atoms with Crippen LogP contribution in [0.15, 0.2) is 54.6 Å². The zero-order valence-electron chi connectivity index (χ0n) is 13.5. The van der Waals surface area contributed by atoms with E-state index < -0.39 is 35.7 Å². The van der Waals surface area contributed by atoms with Crippen LogP contribution >= 0.6 is 0 Å². The van der Waals surface area contributed by atoms with E-state index in [-0.39, 0.29) is 0 Å². The molecule has 1 unspecified atom stereocenters. The first-order valence-corrected chi connectivity index (χ1v) is 7.65. The lowest BCUT2D eigenvalue weighted by Gasteiger charge is -2.22. The molecule has 0 aliphatic carbocycles. The van der Waals surface area contributed by atoms with Crippen molar-refractivity contribution in [2.75, 3.05) is 11.9 Å². The second kappa shape index (κ2) is 6.35. The Hall–Kier alpha value is -3.22. The highest BCUT2D eigenvalue weighted by Crippen LogP contribution is 2.28. The highest BCUT2D eigenvalue weighted by Gasteiger charge is 2.49. The molecule has 2 aromatic carbocycles. The van der Waals surface area contributed by atoms with Gasteiger partial charge in [0.2, 0.25) is 5.91 Å². The van der Waals surface area contributed by atoms with E-state index >= 15 is 0 Å². The molecule has 1 saturated heterocycles. The summed E-state index contributed by atoms with van der Waals surface area (Å²) < 4.78 is 12.9. The van der Waals surface area contributed by atoms with Gasteiger partial charge >= 0.3 is 6.03 Å². The number of anilines is 1. The van der Waals surface area contributed by atoms with E-state index in [1.807, 2.05) is 6.07 Å². The number of carbonyl (C=O) groups is 3. The number of nitrogens with one attached hydrogen (secondary N) is 2. The molecular weight excluding hydrogens is 325 g/mol. The monoisotopic (exact) mass is 341 g/mol. The molecule has 1 heterocycles. The molecule has 25 heavy (non-hydrogen) atoms. The lowest BCUT2D eigenvalue weighted by atomic mass is 9.92. The molecule has 0 bridgehead atoms. The van der Waals surface area contributed by atoms with Crippen molar-refractivity contribution < 1.29 is 18.8 Å². The van der Waals surface area contributed by atoms with Gasteiger partial charge in [0, 0.05) is 5.69 Å². The largest absolute Gasteiger partial charge is 0.325 e. The molecule has 0 saturated carbocycles. The molecule has 128 valence electrons. The van der Waals surface area contributed by atoms with Crippen LogP contribution in [0.5, 0.6) is 0 Å². The van der Waals surface area contributed by atoms with Gasteiger partial charge in [0.1, 0.15) is 17.9 Å². The number of carbonyl (C=O) groups excluding carboxylic acids is 3. The molecule has 1 aliphatic rings. The fourth-order valence-corrected chi connectivity index (χ4v) is 2.69. The molecule has 1 aliphatic heterocycles. The lowest BCUT2D eigenvalue weighted by Crippen LogP contribution is -2.42. The maximum Gasteiger partial charge on any atom is 0.325 e. The van der Waals surface area contributed by atoms with Crippen molar-refractivity contribution >= 4 is 23.5 Å². The topological polar surface area (TPSA) is 78.5 Å². The number of rotatable bonds is 4. The van der Waals surface area contributed by atoms with Crippen LogP contribution in [-0.2, 0) is 15.1 Å². The van der Waals surface area contributed by atoms with E-state index in [2.05, 4.69) is 10.6 Å². The molecule has 0 radical (unpaired) electrons. The zero-order chi connectivity index (χ0) is 18.0. The van der Waals surface area contributed by atoms with Crippen molar-refractivity contribution in [3.05, 3.63) is 66.0 Å². The van der Waals surface area contributed by atoms with Crippen LogP contribution in [0.1, 0.15) is 12.5 Å².